The van der Waals surface area contributed by atoms with Crippen molar-refractivity contribution in [2.75, 3.05) is 26.3 Å². The van der Waals surface area contributed by atoms with Crippen LogP contribution in [0.1, 0.15) is 21.5 Å². The number of aryl methyl sites for hydroxylation is 1. The van der Waals surface area contributed by atoms with Gasteiger partial charge in [-0.15, -0.1) is 0 Å². The molecular weight excluding hydrogens is 373 g/mol. The first-order valence-corrected chi connectivity index (χ1v) is 9.92. The third-order valence-corrected chi connectivity index (χ3v) is 6.25. The molecule has 0 aromatic heterocycles. The van der Waals surface area contributed by atoms with Crippen LogP contribution < -0.4 is 0 Å². The van der Waals surface area contributed by atoms with Gasteiger partial charge in [0.05, 0.1) is 23.7 Å². The van der Waals surface area contributed by atoms with E-state index in [0.717, 1.165) is 0 Å². The molecule has 1 fully saturated rings. The number of sulfonamides is 1. The van der Waals surface area contributed by atoms with Crippen molar-refractivity contribution < 1.29 is 27.1 Å². The molecule has 8 heteroatoms. The lowest BCUT2D eigenvalue weighted by atomic mass is 10.1. The predicted octanol–water partition coefficient (Wildman–Crippen LogP) is 2.51. The van der Waals surface area contributed by atoms with Crippen molar-refractivity contribution in [1.29, 1.82) is 0 Å². The van der Waals surface area contributed by atoms with Crippen LogP contribution in [0.3, 0.4) is 0 Å². The largest absolute Gasteiger partial charge is 0.457 e. The fourth-order valence-corrected chi connectivity index (χ4v) is 4.19. The Morgan fingerprint density at radius 3 is 2.59 bits per heavy atom. The van der Waals surface area contributed by atoms with Gasteiger partial charge in [0.15, 0.2) is 0 Å². The predicted molar refractivity (Wildman–Crippen MR) is 96.3 cm³/mol. The third kappa shape index (κ3) is 4.35. The smallest absolute Gasteiger partial charge is 0.338 e. The van der Waals surface area contributed by atoms with Crippen molar-refractivity contribution in [3.63, 3.8) is 0 Å². The normalized spacial score (nSPS) is 15.5. The van der Waals surface area contributed by atoms with E-state index in [1.807, 2.05) is 0 Å². The minimum absolute atomic E-state index is 0.0211. The molecule has 27 heavy (non-hydrogen) atoms. The van der Waals surface area contributed by atoms with E-state index in [4.69, 9.17) is 9.47 Å². The zero-order chi connectivity index (χ0) is 19.4. The topological polar surface area (TPSA) is 72.9 Å². The van der Waals surface area contributed by atoms with Gasteiger partial charge in [0.2, 0.25) is 10.0 Å². The summed E-state index contributed by atoms with van der Waals surface area (Å²) in [6.45, 7) is 2.66. The molecule has 3 rings (SSSR count). The third-order valence-electron chi connectivity index (χ3n) is 4.35. The van der Waals surface area contributed by atoms with Crippen molar-refractivity contribution in [2.24, 2.45) is 0 Å². The summed E-state index contributed by atoms with van der Waals surface area (Å²) in [5.41, 5.74) is 0.968. The lowest BCUT2D eigenvalue weighted by molar-refractivity contribution is 0.0467. The number of ether oxygens (including phenoxy) is 2. The second kappa shape index (κ2) is 8.16. The molecule has 0 unspecified atom stereocenters. The maximum absolute atomic E-state index is 13.7. The van der Waals surface area contributed by atoms with Crippen molar-refractivity contribution in [3.8, 4) is 0 Å². The number of carbonyl (C=O) groups is 1. The van der Waals surface area contributed by atoms with Gasteiger partial charge in [-0.2, -0.15) is 4.31 Å². The Bertz CT molecular complexity index is 939. The molecule has 1 aliphatic heterocycles. The van der Waals surface area contributed by atoms with Crippen LogP contribution in [0.25, 0.3) is 0 Å². The number of hydrogen-bond donors (Lipinski definition) is 0. The molecule has 0 spiro atoms. The van der Waals surface area contributed by atoms with E-state index in [1.54, 1.807) is 25.1 Å². The van der Waals surface area contributed by atoms with Crippen molar-refractivity contribution in [1.82, 2.24) is 4.31 Å². The van der Waals surface area contributed by atoms with Gasteiger partial charge in [-0.05, 0) is 30.7 Å². The maximum atomic E-state index is 13.7. The summed E-state index contributed by atoms with van der Waals surface area (Å²) >= 11 is 0. The lowest BCUT2D eigenvalue weighted by Crippen LogP contribution is -2.40. The first-order chi connectivity index (χ1) is 12.9. The summed E-state index contributed by atoms with van der Waals surface area (Å²) in [6, 6.07) is 10.3. The van der Waals surface area contributed by atoms with Crippen LogP contribution in [0.15, 0.2) is 47.4 Å². The summed E-state index contributed by atoms with van der Waals surface area (Å²) in [7, 11) is -3.72. The number of hydrogen-bond acceptors (Lipinski definition) is 5. The number of halogens is 1. The molecule has 0 radical (unpaired) electrons. The van der Waals surface area contributed by atoms with Gasteiger partial charge in [-0.3, -0.25) is 0 Å². The standard InChI is InChI=1S/C19H20FNO5S/c1-14-6-7-16(27(23,24)21-8-10-25-11-9-21)12-17(14)19(22)26-13-15-4-2-3-5-18(15)20/h2-7,12H,8-11,13H2,1H3. The van der Waals surface area contributed by atoms with Crippen molar-refractivity contribution >= 4 is 16.0 Å². The SMILES string of the molecule is Cc1ccc(S(=O)(=O)N2CCOCC2)cc1C(=O)OCc1ccccc1F. The highest BCUT2D eigenvalue weighted by atomic mass is 32.2. The monoisotopic (exact) mass is 393 g/mol. The molecule has 2 aromatic carbocycles. The van der Waals surface area contributed by atoms with E-state index < -0.39 is 21.8 Å². The number of carbonyl (C=O) groups excluding carboxylic acids is 1. The van der Waals surface area contributed by atoms with Crippen LogP contribution in [-0.2, 0) is 26.1 Å². The van der Waals surface area contributed by atoms with Crippen LogP contribution in [0.4, 0.5) is 4.39 Å². The highest BCUT2D eigenvalue weighted by Gasteiger charge is 2.27. The summed E-state index contributed by atoms with van der Waals surface area (Å²) in [6.07, 6.45) is 0. The number of morpholine rings is 1. The minimum atomic E-state index is -3.72. The van der Waals surface area contributed by atoms with Gasteiger partial charge in [0.1, 0.15) is 12.4 Å². The molecule has 6 nitrogen and oxygen atoms in total. The average molecular weight is 393 g/mol. The zero-order valence-electron chi connectivity index (χ0n) is 14.9. The summed E-state index contributed by atoms with van der Waals surface area (Å²) < 4.78 is 50.9. The van der Waals surface area contributed by atoms with E-state index in [0.29, 0.717) is 18.8 Å². The van der Waals surface area contributed by atoms with Crippen LogP contribution in [0, 0.1) is 12.7 Å². The quantitative estimate of drug-likeness (QED) is 0.730. The van der Waals surface area contributed by atoms with Gasteiger partial charge in [0.25, 0.3) is 0 Å². The molecule has 0 saturated carbocycles. The number of rotatable bonds is 5. The molecule has 2 aromatic rings. The highest BCUT2D eigenvalue weighted by Crippen LogP contribution is 2.21. The molecule has 0 atom stereocenters. The molecule has 1 heterocycles. The maximum Gasteiger partial charge on any atom is 0.338 e. The van der Waals surface area contributed by atoms with Gasteiger partial charge in [0, 0.05) is 18.7 Å². The van der Waals surface area contributed by atoms with E-state index in [9.17, 15) is 17.6 Å². The summed E-state index contributed by atoms with van der Waals surface area (Å²) in [5, 5.41) is 0. The second-order valence-electron chi connectivity index (χ2n) is 6.16. The fourth-order valence-electron chi connectivity index (χ4n) is 2.75. The highest BCUT2D eigenvalue weighted by molar-refractivity contribution is 7.89. The summed E-state index contributed by atoms with van der Waals surface area (Å²) in [4.78, 5) is 12.5. The Balaban J connectivity index is 1.80. The molecule has 1 aliphatic rings. The molecule has 1 saturated heterocycles. The zero-order valence-corrected chi connectivity index (χ0v) is 15.7. The van der Waals surface area contributed by atoms with Gasteiger partial charge in [-0.1, -0.05) is 24.3 Å². The number of benzene rings is 2. The first-order valence-electron chi connectivity index (χ1n) is 8.48. The van der Waals surface area contributed by atoms with Crippen LogP contribution in [0.5, 0.6) is 0 Å². The molecule has 0 amide bonds. The molecule has 0 bridgehead atoms. The van der Waals surface area contributed by atoms with Crippen LogP contribution in [-0.4, -0.2) is 45.0 Å². The van der Waals surface area contributed by atoms with E-state index in [1.165, 1.54) is 28.6 Å². The molecule has 0 aliphatic carbocycles. The summed E-state index contributed by atoms with van der Waals surface area (Å²) in [5.74, 6) is -1.17. The van der Waals surface area contributed by atoms with Gasteiger partial charge in [-0.25, -0.2) is 17.6 Å². The van der Waals surface area contributed by atoms with E-state index in [-0.39, 0.29) is 35.7 Å². The Hall–Kier alpha value is -2.29. The number of esters is 1. The Labute approximate surface area is 157 Å². The Morgan fingerprint density at radius 1 is 1.19 bits per heavy atom. The van der Waals surface area contributed by atoms with E-state index in [2.05, 4.69) is 0 Å². The number of nitrogens with zero attached hydrogens (tertiary/aromatic N) is 1. The van der Waals surface area contributed by atoms with Crippen LogP contribution in [0.2, 0.25) is 0 Å². The first kappa shape index (κ1) is 19.5. The Morgan fingerprint density at radius 2 is 1.89 bits per heavy atom. The molecule has 144 valence electrons. The molecule has 0 N–H and O–H groups in total. The second-order valence-corrected chi connectivity index (χ2v) is 8.10. The van der Waals surface area contributed by atoms with Crippen LogP contribution >= 0.6 is 0 Å². The average Bonchev–Trinajstić information content (AvgIpc) is 2.68. The minimum Gasteiger partial charge on any atom is -0.457 e. The fraction of sp³-hybridized carbons (Fsp3) is 0.316. The lowest BCUT2D eigenvalue weighted by Gasteiger charge is -2.26. The van der Waals surface area contributed by atoms with Crippen molar-refractivity contribution in [2.45, 2.75) is 18.4 Å². The van der Waals surface area contributed by atoms with Gasteiger partial charge >= 0.3 is 5.97 Å². The van der Waals surface area contributed by atoms with Gasteiger partial charge < -0.3 is 9.47 Å². The van der Waals surface area contributed by atoms with E-state index >= 15 is 0 Å². The Kier molecular flexibility index (Phi) is 5.88. The van der Waals surface area contributed by atoms with Crippen molar-refractivity contribution in [3.05, 3.63) is 65.0 Å². The molecular formula is C19H20FNO5S.